The van der Waals surface area contributed by atoms with E-state index in [1.54, 1.807) is 25.1 Å². The SMILES string of the molecule is C[C@@H]1NC(=O)COc2cccc(c2)CC2(CCN(C(=O)c3ccccc3)CC2)CNC(=O)[C@H](CO)NC(=O)[C@@H]2CCCN2C1=O. The molecule has 0 radical (unpaired) electrons. The Morgan fingerprint density at radius 3 is 2.47 bits per heavy atom. The van der Waals surface area contributed by atoms with Crippen molar-refractivity contribution in [3.05, 3.63) is 65.7 Å². The topological polar surface area (TPSA) is 157 Å². The van der Waals surface area contributed by atoms with Crippen LogP contribution in [-0.4, -0.2) is 102 Å². The Kier molecular flexibility index (Phi) is 10.0. The number of nitrogens with zero attached hydrogens (tertiary/aromatic N) is 2. The molecule has 0 saturated carbocycles. The highest BCUT2D eigenvalue weighted by atomic mass is 16.5. The van der Waals surface area contributed by atoms with Gasteiger partial charge in [0, 0.05) is 31.7 Å². The average Bonchev–Trinajstić information content (AvgIpc) is 3.55. The van der Waals surface area contributed by atoms with Crippen molar-refractivity contribution in [1.82, 2.24) is 25.8 Å². The smallest absolute Gasteiger partial charge is 0.258 e. The van der Waals surface area contributed by atoms with Gasteiger partial charge in [-0.15, -0.1) is 0 Å². The number of piperidine rings is 1. The molecule has 3 heterocycles. The van der Waals surface area contributed by atoms with Crippen LogP contribution in [0.1, 0.15) is 48.5 Å². The van der Waals surface area contributed by atoms with E-state index in [0.717, 1.165) is 5.56 Å². The molecule has 0 aromatic heterocycles. The van der Waals surface area contributed by atoms with Gasteiger partial charge in [0.15, 0.2) is 6.61 Å². The molecule has 3 atom stereocenters. The predicted octanol–water partition coefficient (Wildman–Crippen LogP) is 0.633. The molecule has 5 amide bonds. The molecule has 4 N–H and O–H groups in total. The maximum absolute atomic E-state index is 13.3. The number of ether oxygens (including phenoxy) is 1. The van der Waals surface area contributed by atoms with Crippen LogP contribution in [0.3, 0.4) is 0 Å². The van der Waals surface area contributed by atoms with Crippen molar-refractivity contribution in [3.63, 3.8) is 0 Å². The quantitative estimate of drug-likeness (QED) is 0.384. The van der Waals surface area contributed by atoms with Gasteiger partial charge < -0.3 is 35.6 Å². The minimum absolute atomic E-state index is 0.0453. The summed E-state index contributed by atoms with van der Waals surface area (Å²) < 4.78 is 5.78. The molecule has 2 fully saturated rings. The van der Waals surface area contributed by atoms with Crippen LogP contribution < -0.4 is 20.7 Å². The highest BCUT2D eigenvalue weighted by Crippen LogP contribution is 2.36. The molecule has 2 aromatic rings. The normalized spacial score (nSPS) is 24.7. The number of likely N-dealkylation sites (tertiary alicyclic amines) is 1. The van der Waals surface area contributed by atoms with E-state index >= 15 is 0 Å². The summed E-state index contributed by atoms with van der Waals surface area (Å²) >= 11 is 0. The van der Waals surface area contributed by atoms with Crippen molar-refractivity contribution < 1.29 is 33.8 Å². The van der Waals surface area contributed by atoms with E-state index in [-0.39, 0.29) is 19.1 Å². The summed E-state index contributed by atoms with van der Waals surface area (Å²) in [6.45, 7) is 2.22. The number of hydrogen-bond donors (Lipinski definition) is 4. The molecule has 2 bridgehead atoms. The van der Waals surface area contributed by atoms with Gasteiger partial charge in [-0.05, 0) is 74.3 Å². The highest BCUT2D eigenvalue weighted by Gasteiger charge is 2.40. The fraction of sp³-hybridized carbons (Fsp3) is 0.485. The molecule has 12 heteroatoms. The van der Waals surface area contributed by atoms with Crippen molar-refractivity contribution in [2.45, 2.75) is 57.2 Å². The van der Waals surface area contributed by atoms with E-state index in [9.17, 15) is 29.1 Å². The first-order chi connectivity index (χ1) is 21.7. The van der Waals surface area contributed by atoms with Gasteiger partial charge in [0.05, 0.1) is 6.61 Å². The maximum Gasteiger partial charge on any atom is 0.258 e. The number of aliphatic hydroxyl groups excluding tert-OH is 1. The minimum atomic E-state index is -1.21. The molecule has 2 saturated heterocycles. The number of nitrogens with one attached hydrogen (secondary N) is 3. The Morgan fingerprint density at radius 1 is 0.978 bits per heavy atom. The monoisotopic (exact) mass is 619 g/mol. The number of amides is 5. The van der Waals surface area contributed by atoms with E-state index in [1.165, 1.54) is 4.90 Å². The first-order valence-electron chi connectivity index (χ1n) is 15.5. The fourth-order valence-corrected chi connectivity index (χ4v) is 6.45. The summed E-state index contributed by atoms with van der Waals surface area (Å²) in [6, 6.07) is 13.6. The van der Waals surface area contributed by atoms with Gasteiger partial charge in [0.25, 0.3) is 11.8 Å². The summed E-state index contributed by atoms with van der Waals surface area (Å²) in [5, 5.41) is 18.3. The molecule has 2 aromatic carbocycles. The third-order valence-corrected chi connectivity index (χ3v) is 9.02. The maximum atomic E-state index is 13.3. The van der Waals surface area contributed by atoms with Crippen molar-refractivity contribution in [1.29, 1.82) is 0 Å². The summed E-state index contributed by atoms with van der Waals surface area (Å²) in [5.41, 5.74) is 1.12. The second-order valence-electron chi connectivity index (χ2n) is 12.2. The van der Waals surface area contributed by atoms with Gasteiger partial charge in [-0.1, -0.05) is 30.3 Å². The lowest BCUT2D eigenvalue weighted by Gasteiger charge is -2.42. The Labute approximate surface area is 262 Å². The number of carbonyl (C=O) groups excluding carboxylic acids is 5. The predicted molar refractivity (Wildman–Crippen MR) is 164 cm³/mol. The standard InChI is InChI=1S/C33H41N5O7/c1-22-31(43)38-14-6-11-27(38)30(42)36-26(19-39)29(41)34-21-33(18-23-7-5-10-25(17-23)45-20-28(40)35-22)12-15-37(16-13-33)32(44)24-8-3-2-4-9-24/h2-5,7-10,17,22,26-27,39H,6,11-16,18-21H2,1H3,(H,34,41)(H,35,40)(H,36,42)/t22-,26-,27-/m0/s1. The van der Waals surface area contributed by atoms with E-state index in [2.05, 4.69) is 16.0 Å². The minimum Gasteiger partial charge on any atom is -0.484 e. The molecule has 3 aliphatic rings. The molecule has 45 heavy (non-hydrogen) atoms. The summed E-state index contributed by atoms with van der Waals surface area (Å²) in [5.74, 6) is -1.50. The zero-order chi connectivity index (χ0) is 32.0. The van der Waals surface area contributed by atoms with Gasteiger partial charge in [-0.3, -0.25) is 24.0 Å². The van der Waals surface area contributed by atoms with Crippen LogP contribution in [0.4, 0.5) is 0 Å². The van der Waals surface area contributed by atoms with Crippen LogP contribution in [0.15, 0.2) is 54.6 Å². The molecule has 240 valence electrons. The molecular weight excluding hydrogens is 578 g/mol. The number of hydrogen-bond acceptors (Lipinski definition) is 7. The van der Waals surface area contributed by atoms with Crippen LogP contribution in [0, 0.1) is 5.41 Å². The molecule has 0 aliphatic carbocycles. The Hall–Kier alpha value is -4.45. The molecule has 12 nitrogen and oxygen atoms in total. The zero-order valence-electron chi connectivity index (χ0n) is 25.5. The molecular formula is C33H41N5O7. The Morgan fingerprint density at radius 2 is 1.73 bits per heavy atom. The van der Waals surface area contributed by atoms with Crippen LogP contribution in [0.25, 0.3) is 0 Å². The molecule has 5 rings (SSSR count). The first kappa shape index (κ1) is 32.0. The number of aliphatic hydroxyl groups is 1. The summed E-state index contributed by atoms with van der Waals surface area (Å²) in [6.07, 6.45) is 2.76. The van der Waals surface area contributed by atoms with Gasteiger partial charge >= 0.3 is 0 Å². The van der Waals surface area contributed by atoms with E-state index < -0.39 is 53.8 Å². The van der Waals surface area contributed by atoms with E-state index in [4.69, 9.17) is 4.74 Å². The largest absolute Gasteiger partial charge is 0.484 e. The molecule has 1 spiro atoms. The van der Waals surface area contributed by atoms with Crippen LogP contribution >= 0.6 is 0 Å². The molecule has 3 aliphatic heterocycles. The van der Waals surface area contributed by atoms with Crippen LogP contribution in [0.2, 0.25) is 0 Å². The molecule has 0 unspecified atom stereocenters. The number of carbonyl (C=O) groups is 5. The van der Waals surface area contributed by atoms with Gasteiger partial charge in [-0.2, -0.15) is 0 Å². The van der Waals surface area contributed by atoms with Crippen molar-refractivity contribution in [2.24, 2.45) is 5.41 Å². The van der Waals surface area contributed by atoms with E-state index in [1.807, 2.05) is 41.3 Å². The van der Waals surface area contributed by atoms with Crippen molar-refractivity contribution >= 4 is 29.5 Å². The Bertz CT molecular complexity index is 1410. The van der Waals surface area contributed by atoms with Gasteiger partial charge in [0.2, 0.25) is 17.7 Å². The van der Waals surface area contributed by atoms with Crippen LogP contribution in [0.5, 0.6) is 5.75 Å². The summed E-state index contributed by atoms with van der Waals surface area (Å²) in [7, 11) is 0. The second-order valence-corrected chi connectivity index (χ2v) is 12.2. The lowest BCUT2D eigenvalue weighted by atomic mass is 9.73. The summed E-state index contributed by atoms with van der Waals surface area (Å²) in [4.78, 5) is 68.8. The van der Waals surface area contributed by atoms with Crippen molar-refractivity contribution in [2.75, 3.05) is 39.4 Å². The van der Waals surface area contributed by atoms with Gasteiger partial charge in [0.1, 0.15) is 23.9 Å². The zero-order valence-corrected chi connectivity index (χ0v) is 25.5. The fourth-order valence-electron chi connectivity index (χ4n) is 6.45. The lowest BCUT2D eigenvalue weighted by molar-refractivity contribution is -0.142. The van der Waals surface area contributed by atoms with Crippen molar-refractivity contribution in [3.8, 4) is 5.75 Å². The lowest BCUT2D eigenvalue weighted by Crippen LogP contribution is -2.57. The highest BCUT2D eigenvalue weighted by molar-refractivity contribution is 5.95. The number of fused-ring (bicyclic) bond motifs is 3. The van der Waals surface area contributed by atoms with E-state index in [0.29, 0.717) is 63.1 Å². The number of benzene rings is 2. The first-order valence-corrected chi connectivity index (χ1v) is 15.5. The third-order valence-electron chi connectivity index (χ3n) is 9.02. The van der Waals surface area contributed by atoms with Gasteiger partial charge in [-0.25, -0.2) is 0 Å². The van der Waals surface area contributed by atoms with Crippen LogP contribution in [-0.2, 0) is 25.6 Å². The average molecular weight is 620 g/mol. The Balaban J connectivity index is 1.38. The second kappa shape index (κ2) is 14.1. The number of rotatable bonds is 2. The third kappa shape index (κ3) is 7.62.